The van der Waals surface area contributed by atoms with Crippen LogP contribution in [-0.4, -0.2) is 15.9 Å². The Balaban J connectivity index is 1.66. The second kappa shape index (κ2) is 7.95. The van der Waals surface area contributed by atoms with Crippen molar-refractivity contribution in [3.63, 3.8) is 0 Å². The van der Waals surface area contributed by atoms with Gasteiger partial charge in [0.05, 0.1) is 5.56 Å². The predicted octanol–water partition coefficient (Wildman–Crippen LogP) is 4.41. The molecule has 3 aromatic rings. The van der Waals surface area contributed by atoms with E-state index in [-0.39, 0.29) is 18.3 Å². The van der Waals surface area contributed by atoms with Gasteiger partial charge in [0.1, 0.15) is 5.82 Å². The molecule has 0 bridgehead atoms. The Hall–Kier alpha value is -3.28. The van der Waals surface area contributed by atoms with Crippen molar-refractivity contribution in [1.82, 2.24) is 9.97 Å². The number of nitrogens with one attached hydrogen (secondary N) is 2. The van der Waals surface area contributed by atoms with Crippen LogP contribution in [0.25, 0.3) is 0 Å². The number of amides is 1. The fourth-order valence-corrected chi connectivity index (χ4v) is 2.92. The van der Waals surface area contributed by atoms with Gasteiger partial charge in [-0.05, 0) is 38.0 Å². The summed E-state index contributed by atoms with van der Waals surface area (Å²) in [6, 6.07) is 10.5. The van der Waals surface area contributed by atoms with Gasteiger partial charge in [-0.25, -0.2) is 14.4 Å². The third-order valence-electron chi connectivity index (χ3n) is 4.22. The smallest absolute Gasteiger partial charge is 0.258 e. The minimum Gasteiger partial charge on any atom is -0.350 e. The molecule has 1 heterocycles. The molecule has 27 heavy (non-hydrogen) atoms. The first-order valence-corrected chi connectivity index (χ1v) is 8.62. The highest BCUT2D eigenvalue weighted by Crippen LogP contribution is 2.22. The summed E-state index contributed by atoms with van der Waals surface area (Å²) < 4.78 is 13.6. The van der Waals surface area contributed by atoms with E-state index >= 15 is 0 Å². The Labute approximate surface area is 157 Å². The number of hydrogen-bond donors (Lipinski definition) is 2. The molecule has 2 N–H and O–H groups in total. The van der Waals surface area contributed by atoms with Crippen LogP contribution in [0.1, 0.15) is 32.6 Å². The number of nitrogens with zero attached hydrogens (tertiary/aromatic N) is 2. The summed E-state index contributed by atoms with van der Waals surface area (Å²) in [5.41, 5.74) is 4.83. The zero-order valence-electron chi connectivity index (χ0n) is 15.5. The average Bonchev–Trinajstić information content (AvgIpc) is 2.64. The lowest BCUT2D eigenvalue weighted by Gasteiger charge is -2.13. The topological polar surface area (TPSA) is 66.9 Å². The molecule has 0 fully saturated rings. The van der Waals surface area contributed by atoms with Crippen LogP contribution in [0.2, 0.25) is 0 Å². The van der Waals surface area contributed by atoms with Crippen LogP contribution in [-0.2, 0) is 6.54 Å². The summed E-state index contributed by atoms with van der Waals surface area (Å²) in [6.45, 7) is 6.20. The highest BCUT2D eigenvalue weighted by atomic mass is 19.1. The van der Waals surface area contributed by atoms with Crippen LogP contribution in [0.5, 0.6) is 0 Å². The Morgan fingerprint density at radius 3 is 2.30 bits per heavy atom. The molecule has 0 atom stereocenters. The fraction of sp³-hybridized carbons (Fsp3) is 0.190. The highest BCUT2D eigenvalue weighted by Gasteiger charge is 2.11. The predicted molar refractivity (Wildman–Crippen MR) is 104 cm³/mol. The van der Waals surface area contributed by atoms with Crippen molar-refractivity contribution in [3.05, 3.63) is 82.4 Å². The monoisotopic (exact) mass is 364 g/mol. The average molecular weight is 364 g/mol. The quantitative estimate of drug-likeness (QED) is 0.704. The minimum absolute atomic E-state index is 0.264. The first-order valence-electron chi connectivity index (χ1n) is 8.62. The number of hydrogen-bond acceptors (Lipinski definition) is 4. The molecule has 2 aromatic carbocycles. The Bertz CT molecular complexity index is 947. The number of carbonyl (C=O) groups is 1. The van der Waals surface area contributed by atoms with E-state index in [1.807, 2.05) is 32.9 Å². The summed E-state index contributed by atoms with van der Waals surface area (Å²) in [7, 11) is 0. The number of aryl methyl sites for hydroxylation is 3. The van der Waals surface area contributed by atoms with Crippen molar-refractivity contribution in [2.75, 3.05) is 10.6 Å². The summed E-state index contributed by atoms with van der Waals surface area (Å²) in [4.78, 5) is 20.8. The van der Waals surface area contributed by atoms with Crippen LogP contribution in [0.4, 0.5) is 16.0 Å². The number of halogens is 1. The van der Waals surface area contributed by atoms with Gasteiger partial charge in [-0.3, -0.25) is 4.79 Å². The van der Waals surface area contributed by atoms with Gasteiger partial charge in [-0.2, -0.15) is 0 Å². The summed E-state index contributed by atoms with van der Waals surface area (Å²) >= 11 is 0. The molecular formula is C21H21FN4O. The van der Waals surface area contributed by atoms with Gasteiger partial charge in [0.15, 0.2) is 0 Å². The molecule has 0 unspecified atom stereocenters. The molecule has 1 aromatic heterocycles. The van der Waals surface area contributed by atoms with Gasteiger partial charge in [0.2, 0.25) is 5.95 Å². The lowest BCUT2D eigenvalue weighted by molar-refractivity contribution is 0.102. The van der Waals surface area contributed by atoms with Crippen molar-refractivity contribution in [3.8, 4) is 0 Å². The summed E-state index contributed by atoms with van der Waals surface area (Å²) in [5.74, 6) is -0.229. The minimum atomic E-state index is -0.287. The SMILES string of the molecule is Cc1cc(C)c(NC(=O)c2cnc(NCc3ccccc3F)nc2)c(C)c1. The Morgan fingerprint density at radius 1 is 1.04 bits per heavy atom. The molecule has 5 nitrogen and oxygen atoms in total. The highest BCUT2D eigenvalue weighted by molar-refractivity contribution is 6.04. The van der Waals surface area contributed by atoms with E-state index in [0.29, 0.717) is 17.1 Å². The maximum Gasteiger partial charge on any atom is 0.258 e. The van der Waals surface area contributed by atoms with Crippen LogP contribution >= 0.6 is 0 Å². The Kier molecular flexibility index (Phi) is 5.45. The van der Waals surface area contributed by atoms with Gasteiger partial charge in [-0.1, -0.05) is 35.9 Å². The van der Waals surface area contributed by atoms with Gasteiger partial charge < -0.3 is 10.6 Å². The van der Waals surface area contributed by atoms with Crippen LogP contribution in [0, 0.1) is 26.6 Å². The molecule has 0 saturated carbocycles. The van der Waals surface area contributed by atoms with E-state index in [4.69, 9.17) is 0 Å². The van der Waals surface area contributed by atoms with Crippen molar-refractivity contribution in [2.24, 2.45) is 0 Å². The largest absolute Gasteiger partial charge is 0.350 e. The van der Waals surface area contributed by atoms with Gasteiger partial charge in [0.25, 0.3) is 5.91 Å². The number of benzene rings is 2. The Morgan fingerprint density at radius 2 is 1.67 bits per heavy atom. The number of rotatable bonds is 5. The standard InChI is InChI=1S/C21H21FN4O/c1-13-8-14(2)19(15(3)9-13)26-20(27)17-11-24-21(25-12-17)23-10-16-6-4-5-7-18(16)22/h4-9,11-12H,10H2,1-3H3,(H,26,27)(H,23,24,25). The van der Waals surface area contributed by atoms with Crippen molar-refractivity contribution in [2.45, 2.75) is 27.3 Å². The zero-order chi connectivity index (χ0) is 19.4. The number of carbonyl (C=O) groups excluding carboxylic acids is 1. The van der Waals surface area contributed by atoms with Gasteiger partial charge in [0, 0.05) is 30.2 Å². The molecule has 0 aliphatic carbocycles. The van der Waals surface area contributed by atoms with Crippen LogP contribution in [0.3, 0.4) is 0 Å². The molecule has 0 aliphatic rings. The molecule has 138 valence electrons. The molecule has 0 aliphatic heterocycles. The van der Waals surface area contributed by atoms with Crippen molar-refractivity contribution in [1.29, 1.82) is 0 Å². The van der Waals surface area contributed by atoms with Crippen LogP contribution < -0.4 is 10.6 Å². The van der Waals surface area contributed by atoms with Gasteiger partial charge in [-0.15, -0.1) is 0 Å². The molecule has 0 saturated heterocycles. The lowest BCUT2D eigenvalue weighted by atomic mass is 10.0. The van der Waals surface area contributed by atoms with Crippen molar-refractivity contribution >= 4 is 17.5 Å². The maximum atomic E-state index is 13.6. The molecule has 6 heteroatoms. The maximum absolute atomic E-state index is 13.6. The van der Waals surface area contributed by atoms with E-state index in [1.165, 1.54) is 18.5 Å². The first kappa shape index (κ1) is 18.5. The second-order valence-corrected chi connectivity index (χ2v) is 6.47. The van der Waals surface area contributed by atoms with Gasteiger partial charge >= 0.3 is 0 Å². The van der Waals surface area contributed by atoms with E-state index in [0.717, 1.165) is 22.4 Å². The van der Waals surface area contributed by atoms with E-state index < -0.39 is 0 Å². The summed E-state index contributed by atoms with van der Waals surface area (Å²) in [5, 5.41) is 5.87. The van der Waals surface area contributed by atoms with E-state index in [1.54, 1.807) is 18.2 Å². The zero-order valence-corrected chi connectivity index (χ0v) is 15.5. The second-order valence-electron chi connectivity index (χ2n) is 6.47. The van der Waals surface area contributed by atoms with E-state index in [2.05, 4.69) is 20.6 Å². The number of anilines is 2. The van der Waals surface area contributed by atoms with Crippen molar-refractivity contribution < 1.29 is 9.18 Å². The number of aromatic nitrogens is 2. The first-order chi connectivity index (χ1) is 12.9. The molecule has 0 radical (unpaired) electrons. The molecule has 0 spiro atoms. The molecule has 1 amide bonds. The van der Waals surface area contributed by atoms with E-state index in [9.17, 15) is 9.18 Å². The lowest BCUT2D eigenvalue weighted by Crippen LogP contribution is -2.15. The molecule has 3 rings (SSSR count). The third-order valence-corrected chi connectivity index (χ3v) is 4.22. The third kappa shape index (κ3) is 4.47. The summed E-state index contributed by atoms with van der Waals surface area (Å²) in [6.07, 6.45) is 2.90. The fourth-order valence-electron chi connectivity index (χ4n) is 2.92. The molecular weight excluding hydrogens is 343 g/mol. The normalized spacial score (nSPS) is 10.5. The van der Waals surface area contributed by atoms with Crippen LogP contribution in [0.15, 0.2) is 48.8 Å².